The monoisotopic (exact) mass is 423 g/mol. The third kappa shape index (κ3) is 4.04. The fourth-order valence-corrected chi connectivity index (χ4v) is 5.10. The number of carbonyl (C=O) groups is 1. The van der Waals surface area contributed by atoms with Gasteiger partial charge in [-0.25, -0.2) is 13.1 Å². The lowest BCUT2D eigenvalue weighted by Gasteiger charge is -2.20. The molecule has 0 radical (unpaired) electrons. The van der Waals surface area contributed by atoms with Gasteiger partial charge >= 0.3 is 0 Å². The molecule has 4 rings (SSSR count). The molecule has 0 fully saturated rings. The zero-order valence-electron chi connectivity index (χ0n) is 17.1. The largest absolute Gasteiger partial charge is 0.346 e. The van der Waals surface area contributed by atoms with Gasteiger partial charge in [0.25, 0.3) is 0 Å². The van der Waals surface area contributed by atoms with Crippen LogP contribution in [0.1, 0.15) is 30.7 Å². The van der Waals surface area contributed by atoms with Gasteiger partial charge in [-0.15, -0.1) is 0 Å². The van der Waals surface area contributed by atoms with Crippen molar-refractivity contribution in [3.05, 3.63) is 83.7 Å². The lowest BCUT2D eigenvalue weighted by molar-refractivity contribution is -0.116. The minimum atomic E-state index is -3.67. The molecule has 1 atom stereocenters. The standard InChI is InChI=1S/C23H25N3O3S/c1-17-13-20-14-22(10-11-23(20)26(17)18(2)27)30(28,29)24-15-21-9-6-12-25(21)16-19-7-4-3-5-8-19/h3-12,14,17,24H,13,15-16H2,1-2H3/t17-/m0/s1. The van der Waals surface area contributed by atoms with E-state index < -0.39 is 10.0 Å². The van der Waals surface area contributed by atoms with Gasteiger partial charge in [0.2, 0.25) is 15.9 Å². The first-order chi connectivity index (χ1) is 14.3. The predicted octanol–water partition coefficient (Wildman–Crippen LogP) is 3.31. The SMILES string of the molecule is CC(=O)N1c2ccc(S(=O)(=O)NCc3cccn3Cc3ccccc3)cc2C[C@@H]1C. The van der Waals surface area contributed by atoms with Crippen LogP contribution < -0.4 is 9.62 Å². The molecule has 1 aliphatic rings. The van der Waals surface area contributed by atoms with Crippen molar-refractivity contribution in [2.75, 3.05) is 4.90 Å². The highest BCUT2D eigenvalue weighted by Gasteiger charge is 2.30. The van der Waals surface area contributed by atoms with Crippen LogP contribution in [0.5, 0.6) is 0 Å². The zero-order valence-corrected chi connectivity index (χ0v) is 17.9. The number of hydrogen-bond acceptors (Lipinski definition) is 3. The molecule has 0 unspecified atom stereocenters. The molecule has 1 amide bonds. The summed E-state index contributed by atoms with van der Waals surface area (Å²) in [6, 6.07) is 18.9. The van der Waals surface area contributed by atoms with Crippen molar-refractivity contribution in [2.45, 2.75) is 44.3 Å². The fraction of sp³-hybridized carbons (Fsp3) is 0.261. The van der Waals surface area contributed by atoms with Crippen molar-refractivity contribution in [1.29, 1.82) is 0 Å². The summed E-state index contributed by atoms with van der Waals surface area (Å²) in [6.45, 7) is 4.38. The highest BCUT2D eigenvalue weighted by atomic mass is 32.2. The third-order valence-electron chi connectivity index (χ3n) is 5.48. The summed E-state index contributed by atoms with van der Waals surface area (Å²) < 4.78 is 30.5. The predicted molar refractivity (Wildman–Crippen MR) is 117 cm³/mol. The van der Waals surface area contributed by atoms with Crippen LogP contribution in [-0.4, -0.2) is 24.9 Å². The van der Waals surface area contributed by atoms with Gasteiger partial charge < -0.3 is 9.47 Å². The first kappa shape index (κ1) is 20.4. The molecule has 0 bridgehead atoms. The van der Waals surface area contributed by atoms with Crippen LogP contribution in [-0.2, 0) is 34.3 Å². The maximum absolute atomic E-state index is 12.9. The minimum Gasteiger partial charge on any atom is -0.346 e. The first-order valence-corrected chi connectivity index (χ1v) is 11.4. The molecular formula is C23H25N3O3S. The number of benzene rings is 2. The topological polar surface area (TPSA) is 71.4 Å². The second-order valence-corrected chi connectivity index (χ2v) is 9.44. The Balaban J connectivity index is 1.50. The van der Waals surface area contributed by atoms with Gasteiger partial charge in [0.05, 0.1) is 11.4 Å². The Morgan fingerprint density at radius 3 is 2.60 bits per heavy atom. The average Bonchev–Trinajstić information content (AvgIpc) is 3.29. The Morgan fingerprint density at radius 1 is 1.10 bits per heavy atom. The number of hydrogen-bond donors (Lipinski definition) is 1. The fourth-order valence-electron chi connectivity index (χ4n) is 4.05. The molecule has 0 aliphatic carbocycles. The van der Waals surface area contributed by atoms with Crippen molar-refractivity contribution >= 4 is 21.6 Å². The second-order valence-electron chi connectivity index (χ2n) is 7.67. The van der Waals surface area contributed by atoms with Gasteiger partial charge in [-0.05, 0) is 54.8 Å². The Hall–Kier alpha value is -2.90. The maximum atomic E-state index is 12.9. The van der Waals surface area contributed by atoms with E-state index in [1.807, 2.05) is 60.2 Å². The van der Waals surface area contributed by atoms with Gasteiger partial charge in [0.1, 0.15) is 0 Å². The zero-order chi connectivity index (χ0) is 21.3. The van der Waals surface area contributed by atoms with Crippen molar-refractivity contribution in [3.63, 3.8) is 0 Å². The van der Waals surface area contributed by atoms with Crippen LogP contribution in [0.2, 0.25) is 0 Å². The molecule has 0 saturated heterocycles. The lowest BCUT2D eigenvalue weighted by Crippen LogP contribution is -2.33. The van der Waals surface area contributed by atoms with Gasteiger partial charge in [-0.1, -0.05) is 30.3 Å². The van der Waals surface area contributed by atoms with Gasteiger partial charge in [0, 0.05) is 37.1 Å². The summed E-state index contributed by atoms with van der Waals surface area (Å²) in [7, 11) is -3.67. The molecule has 1 aliphatic heterocycles. The van der Waals surface area contributed by atoms with Crippen LogP contribution >= 0.6 is 0 Å². The van der Waals surface area contributed by atoms with Crippen molar-refractivity contribution < 1.29 is 13.2 Å². The van der Waals surface area contributed by atoms with Crippen molar-refractivity contribution in [2.24, 2.45) is 0 Å². The molecule has 0 saturated carbocycles. The van der Waals surface area contributed by atoms with Crippen LogP contribution in [0, 0.1) is 0 Å². The number of carbonyl (C=O) groups excluding carboxylic acids is 1. The summed E-state index contributed by atoms with van der Waals surface area (Å²) in [6.07, 6.45) is 2.60. The number of nitrogens with one attached hydrogen (secondary N) is 1. The summed E-state index contributed by atoms with van der Waals surface area (Å²) >= 11 is 0. The van der Waals surface area contributed by atoms with E-state index in [-0.39, 0.29) is 23.4 Å². The van der Waals surface area contributed by atoms with E-state index in [9.17, 15) is 13.2 Å². The number of anilines is 1. The smallest absolute Gasteiger partial charge is 0.240 e. The number of amides is 1. The number of aromatic nitrogens is 1. The molecule has 156 valence electrons. The number of sulfonamides is 1. The maximum Gasteiger partial charge on any atom is 0.240 e. The lowest BCUT2D eigenvalue weighted by atomic mass is 10.1. The Bertz CT molecular complexity index is 1170. The van der Waals surface area contributed by atoms with Crippen molar-refractivity contribution in [3.8, 4) is 0 Å². The van der Waals surface area contributed by atoms with Crippen LogP contribution in [0.4, 0.5) is 5.69 Å². The molecule has 1 N–H and O–H groups in total. The molecular weight excluding hydrogens is 398 g/mol. The Labute approximate surface area is 177 Å². The van der Waals surface area contributed by atoms with E-state index in [4.69, 9.17) is 0 Å². The molecule has 3 aromatic rings. The van der Waals surface area contributed by atoms with E-state index in [1.165, 1.54) is 6.92 Å². The second kappa shape index (κ2) is 8.08. The van der Waals surface area contributed by atoms with E-state index in [2.05, 4.69) is 4.72 Å². The molecule has 2 aromatic carbocycles. The molecule has 30 heavy (non-hydrogen) atoms. The molecule has 6 nitrogen and oxygen atoms in total. The highest BCUT2D eigenvalue weighted by molar-refractivity contribution is 7.89. The third-order valence-corrected chi connectivity index (χ3v) is 6.88. The van der Waals surface area contributed by atoms with Crippen LogP contribution in [0.15, 0.2) is 71.8 Å². The molecule has 0 spiro atoms. The van der Waals surface area contributed by atoms with E-state index >= 15 is 0 Å². The number of rotatable bonds is 6. The average molecular weight is 424 g/mol. The minimum absolute atomic E-state index is 0.0321. The van der Waals surface area contributed by atoms with Gasteiger partial charge in [-0.2, -0.15) is 0 Å². The molecule has 1 aromatic heterocycles. The summed E-state index contributed by atoms with van der Waals surface area (Å²) in [5, 5.41) is 0. The molecule has 2 heterocycles. The first-order valence-electron chi connectivity index (χ1n) is 9.95. The Kier molecular flexibility index (Phi) is 5.49. The van der Waals surface area contributed by atoms with Gasteiger partial charge in [-0.3, -0.25) is 4.79 Å². The highest BCUT2D eigenvalue weighted by Crippen LogP contribution is 2.33. The van der Waals surface area contributed by atoms with E-state index in [0.29, 0.717) is 13.0 Å². The Morgan fingerprint density at radius 2 is 1.87 bits per heavy atom. The summed E-state index contributed by atoms with van der Waals surface area (Å²) in [5.41, 5.74) is 3.72. The summed E-state index contributed by atoms with van der Waals surface area (Å²) in [4.78, 5) is 13.8. The number of fused-ring (bicyclic) bond motifs is 1. The van der Waals surface area contributed by atoms with Crippen LogP contribution in [0.25, 0.3) is 0 Å². The van der Waals surface area contributed by atoms with Gasteiger partial charge in [0.15, 0.2) is 0 Å². The molecule has 7 heteroatoms. The van der Waals surface area contributed by atoms with Crippen molar-refractivity contribution in [1.82, 2.24) is 9.29 Å². The summed E-state index contributed by atoms with van der Waals surface area (Å²) in [5.74, 6) is -0.0332. The van der Waals surface area contributed by atoms with Crippen LogP contribution in [0.3, 0.4) is 0 Å². The van der Waals surface area contributed by atoms with E-state index in [0.717, 1.165) is 22.5 Å². The number of nitrogens with zero attached hydrogens (tertiary/aromatic N) is 2. The van der Waals surface area contributed by atoms with E-state index in [1.54, 1.807) is 23.1 Å². The quantitative estimate of drug-likeness (QED) is 0.661. The normalized spacial score (nSPS) is 15.9.